The van der Waals surface area contributed by atoms with E-state index in [1.807, 2.05) is 12.1 Å². The maximum absolute atomic E-state index is 12.7. The summed E-state index contributed by atoms with van der Waals surface area (Å²) in [7, 11) is 0. The molecule has 1 aromatic carbocycles. The molecule has 1 amide bonds. The van der Waals surface area contributed by atoms with Crippen LogP contribution in [-0.4, -0.2) is 44.8 Å². The lowest BCUT2D eigenvalue weighted by Crippen LogP contribution is -2.42. The van der Waals surface area contributed by atoms with Gasteiger partial charge in [-0.15, -0.1) is 0 Å². The van der Waals surface area contributed by atoms with Crippen LogP contribution >= 0.6 is 11.6 Å². The van der Waals surface area contributed by atoms with E-state index >= 15 is 0 Å². The molecular weight excluding hydrogens is 330 g/mol. The van der Waals surface area contributed by atoms with Gasteiger partial charge >= 0.3 is 5.97 Å². The summed E-state index contributed by atoms with van der Waals surface area (Å²) in [5.74, 6) is -1.51. The Bertz CT molecular complexity index is 770. The molecule has 24 heavy (non-hydrogen) atoms. The Morgan fingerprint density at radius 2 is 2.00 bits per heavy atom. The first kappa shape index (κ1) is 16.5. The molecule has 7 heteroatoms. The number of aliphatic carboxylic acids is 1. The number of carboxylic acid groups (broad SMARTS) is 1. The number of aryl methyl sites for hydroxylation is 1. The van der Waals surface area contributed by atoms with Gasteiger partial charge in [0.05, 0.1) is 22.9 Å². The van der Waals surface area contributed by atoms with Gasteiger partial charge in [-0.25, -0.2) is 4.68 Å². The minimum atomic E-state index is -0.846. The van der Waals surface area contributed by atoms with Crippen LogP contribution in [0.25, 0.3) is 5.69 Å². The van der Waals surface area contributed by atoms with E-state index in [1.165, 1.54) is 0 Å². The molecule has 1 aliphatic heterocycles. The number of halogens is 1. The molecule has 0 bridgehead atoms. The maximum Gasteiger partial charge on any atom is 0.308 e. The SMILES string of the molecule is Cc1nn(-c2ccc(Cl)cc2)cc1C(=O)N1CCC[C@@H](C(=O)O)C1. The van der Waals surface area contributed by atoms with Crippen LogP contribution in [0.1, 0.15) is 28.9 Å². The molecule has 1 atom stereocenters. The predicted molar refractivity (Wildman–Crippen MR) is 89.6 cm³/mol. The first-order valence-corrected chi connectivity index (χ1v) is 8.18. The van der Waals surface area contributed by atoms with Crippen molar-refractivity contribution in [3.63, 3.8) is 0 Å². The average Bonchev–Trinajstić information content (AvgIpc) is 2.96. The Morgan fingerprint density at radius 3 is 2.67 bits per heavy atom. The highest BCUT2D eigenvalue weighted by Gasteiger charge is 2.30. The van der Waals surface area contributed by atoms with Crippen molar-refractivity contribution in [3.8, 4) is 5.69 Å². The van der Waals surface area contributed by atoms with Gasteiger partial charge in [-0.05, 0) is 44.0 Å². The summed E-state index contributed by atoms with van der Waals surface area (Å²) < 4.78 is 1.64. The molecule has 126 valence electrons. The number of carbonyl (C=O) groups is 2. The van der Waals surface area contributed by atoms with Crippen LogP contribution in [0.3, 0.4) is 0 Å². The number of amides is 1. The fraction of sp³-hybridized carbons (Fsp3) is 0.353. The van der Waals surface area contributed by atoms with Gasteiger partial charge in [-0.3, -0.25) is 9.59 Å². The molecule has 1 fully saturated rings. The Balaban J connectivity index is 1.83. The summed E-state index contributed by atoms with van der Waals surface area (Å²) in [6, 6.07) is 7.17. The van der Waals surface area contributed by atoms with E-state index in [4.69, 9.17) is 11.6 Å². The highest BCUT2D eigenvalue weighted by atomic mass is 35.5. The third kappa shape index (κ3) is 3.28. The van der Waals surface area contributed by atoms with Crippen LogP contribution in [0.4, 0.5) is 0 Å². The third-order valence-corrected chi connectivity index (χ3v) is 4.53. The summed E-state index contributed by atoms with van der Waals surface area (Å²) >= 11 is 5.89. The Labute approximate surface area is 144 Å². The van der Waals surface area contributed by atoms with E-state index in [9.17, 15) is 14.7 Å². The average molecular weight is 348 g/mol. The van der Waals surface area contributed by atoms with E-state index in [0.29, 0.717) is 35.7 Å². The number of aromatic nitrogens is 2. The van der Waals surface area contributed by atoms with Crippen LogP contribution in [0.5, 0.6) is 0 Å². The van der Waals surface area contributed by atoms with E-state index < -0.39 is 11.9 Å². The molecule has 3 rings (SSSR count). The molecule has 1 aliphatic rings. The first-order chi connectivity index (χ1) is 11.5. The van der Waals surface area contributed by atoms with Crippen molar-refractivity contribution in [2.75, 3.05) is 13.1 Å². The third-order valence-electron chi connectivity index (χ3n) is 4.28. The van der Waals surface area contributed by atoms with Gasteiger partial charge in [0.25, 0.3) is 5.91 Å². The minimum absolute atomic E-state index is 0.168. The number of likely N-dealkylation sites (tertiary alicyclic amines) is 1. The van der Waals surface area contributed by atoms with Crippen molar-refractivity contribution in [1.82, 2.24) is 14.7 Å². The summed E-state index contributed by atoms with van der Waals surface area (Å²) in [4.78, 5) is 25.5. The number of rotatable bonds is 3. The van der Waals surface area contributed by atoms with Gasteiger partial charge in [0, 0.05) is 24.3 Å². The molecule has 0 unspecified atom stereocenters. The number of hydrogen-bond donors (Lipinski definition) is 1. The van der Waals surface area contributed by atoms with Crippen LogP contribution in [0.2, 0.25) is 5.02 Å². The molecule has 0 spiro atoms. The van der Waals surface area contributed by atoms with Gasteiger partial charge in [0.2, 0.25) is 0 Å². The fourth-order valence-electron chi connectivity index (χ4n) is 2.93. The van der Waals surface area contributed by atoms with E-state index in [-0.39, 0.29) is 12.5 Å². The zero-order valence-electron chi connectivity index (χ0n) is 13.3. The molecule has 2 heterocycles. The van der Waals surface area contributed by atoms with Gasteiger partial charge in [0.15, 0.2) is 0 Å². The van der Waals surface area contributed by atoms with Crippen molar-refractivity contribution >= 4 is 23.5 Å². The second-order valence-corrected chi connectivity index (χ2v) is 6.41. The number of carboxylic acids is 1. The standard InChI is InChI=1S/C17H18ClN3O3/c1-11-15(10-21(19-11)14-6-4-13(18)5-7-14)16(22)20-8-2-3-12(9-20)17(23)24/h4-7,10,12H,2-3,8-9H2,1H3,(H,23,24)/t12-/m1/s1. The second-order valence-electron chi connectivity index (χ2n) is 5.98. The first-order valence-electron chi connectivity index (χ1n) is 7.80. The number of nitrogens with zero attached hydrogens (tertiary/aromatic N) is 3. The van der Waals surface area contributed by atoms with E-state index in [0.717, 1.165) is 5.69 Å². The zero-order chi connectivity index (χ0) is 17.3. The predicted octanol–water partition coefficient (Wildman–Crippen LogP) is 2.77. The van der Waals surface area contributed by atoms with Crippen LogP contribution in [0.15, 0.2) is 30.5 Å². The molecule has 1 aromatic heterocycles. The fourth-order valence-corrected chi connectivity index (χ4v) is 3.06. The number of carbonyl (C=O) groups excluding carboxylic acids is 1. The molecule has 0 aliphatic carbocycles. The molecule has 0 radical (unpaired) electrons. The monoisotopic (exact) mass is 347 g/mol. The quantitative estimate of drug-likeness (QED) is 0.926. The van der Waals surface area contributed by atoms with Gasteiger partial charge < -0.3 is 10.0 Å². The van der Waals surface area contributed by atoms with Crippen molar-refractivity contribution in [2.24, 2.45) is 5.92 Å². The topological polar surface area (TPSA) is 75.4 Å². The Hall–Kier alpha value is -2.34. The lowest BCUT2D eigenvalue weighted by atomic mass is 9.98. The molecule has 2 aromatic rings. The van der Waals surface area contributed by atoms with Gasteiger partial charge in [-0.1, -0.05) is 11.6 Å². The molecule has 0 saturated carbocycles. The number of hydrogen-bond acceptors (Lipinski definition) is 3. The van der Waals surface area contributed by atoms with Crippen LogP contribution < -0.4 is 0 Å². The summed E-state index contributed by atoms with van der Waals surface area (Å²) in [5, 5.41) is 14.2. The lowest BCUT2D eigenvalue weighted by molar-refractivity contribution is -0.143. The summed E-state index contributed by atoms with van der Waals surface area (Å²) in [6.07, 6.45) is 3.00. The largest absolute Gasteiger partial charge is 0.481 e. The Kier molecular flexibility index (Phi) is 4.57. The maximum atomic E-state index is 12.7. The zero-order valence-corrected chi connectivity index (χ0v) is 14.0. The van der Waals surface area contributed by atoms with Crippen molar-refractivity contribution in [3.05, 3.63) is 46.7 Å². The van der Waals surface area contributed by atoms with E-state index in [1.54, 1.807) is 34.8 Å². The smallest absolute Gasteiger partial charge is 0.308 e. The van der Waals surface area contributed by atoms with Crippen molar-refractivity contribution < 1.29 is 14.7 Å². The minimum Gasteiger partial charge on any atom is -0.481 e. The molecule has 1 saturated heterocycles. The number of benzene rings is 1. The van der Waals surface area contributed by atoms with Crippen LogP contribution in [0, 0.1) is 12.8 Å². The molecule has 1 N–H and O–H groups in total. The lowest BCUT2D eigenvalue weighted by Gasteiger charge is -2.30. The van der Waals surface area contributed by atoms with Crippen molar-refractivity contribution in [2.45, 2.75) is 19.8 Å². The number of piperidine rings is 1. The Morgan fingerprint density at radius 1 is 1.29 bits per heavy atom. The second kappa shape index (κ2) is 6.65. The van der Waals surface area contributed by atoms with Gasteiger partial charge in [-0.2, -0.15) is 5.10 Å². The van der Waals surface area contributed by atoms with Crippen molar-refractivity contribution in [1.29, 1.82) is 0 Å². The highest BCUT2D eigenvalue weighted by molar-refractivity contribution is 6.30. The van der Waals surface area contributed by atoms with Gasteiger partial charge in [0.1, 0.15) is 0 Å². The molecular formula is C17H18ClN3O3. The normalized spacial score (nSPS) is 17.8. The highest BCUT2D eigenvalue weighted by Crippen LogP contribution is 2.21. The van der Waals surface area contributed by atoms with E-state index in [2.05, 4.69) is 5.10 Å². The molecule has 6 nitrogen and oxygen atoms in total. The summed E-state index contributed by atoms with van der Waals surface area (Å²) in [6.45, 7) is 2.60. The summed E-state index contributed by atoms with van der Waals surface area (Å²) in [5.41, 5.74) is 1.92. The van der Waals surface area contributed by atoms with Crippen LogP contribution in [-0.2, 0) is 4.79 Å².